The van der Waals surface area contributed by atoms with Gasteiger partial charge in [-0.15, -0.1) is 11.8 Å². The number of carbonyl (C=O) groups is 1. The van der Waals surface area contributed by atoms with E-state index < -0.39 is 0 Å². The minimum Gasteiger partial charge on any atom is -0.381 e. The lowest BCUT2D eigenvalue weighted by molar-refractivity contribution is -0.121. The van der Waals surface area contributed by atoms with E-state index in [-0.39, 0.29) is 17.9 Å². The number of nitrogens with two attached hydrogens (primary N) is 1. The number of thioether (sulfide) groups is 1. The third-order valence-corrected chi connectivity index (χ3v) is 6.53. The van der Waals surface area contributed by atoms with Gasteiger partial charge in [0.15, 0.2) is 0 Å². The summed E-state index contributed by atoms with van der Waals surface area (Å²) in [5.41, 5.74) is 8.40. The quantitative estimate of drug-likeness (QED) is 0.709. The van der Waals surface area contributed by atoms with Crippen LogP contribution >= 0.6 is 23.4 Å². The molecule has 2 aliphatic heterocycles. The minimum atomic E-state index is -0.308. The van der Waals surface area contributed by atoms with Gasteiger partial charge in [0.25, 0.3) is 0 Å². The van der Waals surface area contributed by atoms with Crippen molar-refractivity contribution in [1.82, 2.24) is 4.98 Å². The van der Waals surface area contributed by atoms with Crippen LogP contribution in [0.3, 0.4) is 0 Å². The van der Waals surface area contributed by atoms with E-state index in [0.29, 0.717) is 11.1 Å². The second-order valence-electron chi connectivity index (χ2n) is 7.14. The summed E-state index contributed by atoms with van der Waals surface area (Å²) in [7, 11) is 0. The number of ether oxygens (including phenoxy) is 1. The first kappa shape index (κ1) is 18.7. The van der Waals surface area contributed by atoms with Crippen molar-refractivity contribution in [2.45, 2.75) is 31.8 Å². The van der Waals surface area contributed by atoms with E-state index >= 15 is 0 Å². The molecule has 0 radical (unpaired) electrons. The fraction of sp³-hybridized carbons (Fsp3) is 0.474. The standard InChI is InChI=1S/C19H23ClN4O2S/c1-10(18(21)25)16-9-27-19(24-16)15-7-11-6-12(20)8-14(17(11)23-15)22-13-2-4-26-5-3-13/h6-8,10,13,16,22-23H,2-5,9H2,1H3,(H2,21,25). The Labute approximate surface area is 167 Å². The second-order valence-corrected chi connectivity index (χ2v) is 8.58. The Morgan fingerprint density at radius 3 is 2.93 bits per heavy atom. The van der Waals surface area contributed by atoms with Gasteiger partial charge in [-0.1, -0.05) is 18.5 Å². The Morgan fingerprint density at radius 1 is 1.41 bits per heavy atom. The van der Waals surface area contributed by atoms with Crippen molar-refractivity contribution in [3.63, 3.8) is 0 Å². The molecule has 27 heavy (non-hydrogen) atoms. The number of primary amides is 1. The first-order valence-electron chi connectivity index (χ1n) is 9.18. The van der Waals surface area contributed by atoms with E-state index in [4.69, 9.17) is 27.1 Å². The maximum Gasteiger partial charge on any atom is 0.222 e. The molecule has 1 aromatic heterocycles. The lowest BCUT2D eigenvalue weighted by Gasteiger charge is -2.24. The molecule has 8 heteroatoms. The highest BCUT2D eigenvalue weighted by atomic mass is 35.5. The number of aliphatic imine (C=N–C) groups is 1. The maximum atomic E-state index is 11.4. The molecule has 1 amide bonds. The van der Waals surface area contributed by atoms with Crippen molar-refractivity contribution in [3.05, 3.63) is 28.9 Å². The third kappa shape index (κ3) is 3.95. The van der Waals surface area contributed by atoms with Crippen LogP contribution in [0.15, 0.2) is 23.2 Å². The van der Waals surface area contributed by atoms with Crippen LogP contribution in [-0.2, 0) is 9.53 Å². The Kier molecular flexibility index (Phi) is 5.34. The summed E-state index contributed by atoms with van der Waals surface area (Å²) in [6.07, 6.45) is 1.97. The van der Waals surface area contributed by atoms with Crippen molar-refractivity contribution in [2.24, 2.45) is 16.6 Å². The number of H-pyrrole nitrogens is 1. The highest BCUT2D eigenvalue weighted by molar-refractivity contribution is 8.14. The van der Waals surface area contributed by atoms with Crippen LogP contribution in [0.4, 0.5) is 5.69 Å². The normalized spacial score (nSPS) is 22.0. The molecule has 2 aliphatic rings. The molecule has 3 heterocycles. The molecule has 2 atom stereocenters. The van der Waals surface area contributed by atoms with Gasteiger partial charge in [-0.25, -0.2) is 0 Å². The number of nitrogens with one attached hydrogen (secondary N) is 2. The van der Waals surface area contributed by atoms with E-state index in [0.717, 1.165) is 59.1 Å². The summed E-state index contributed by atoms with van der Waals surface area (Å²) in [5, 5.41) is 6.26. The highest BCUT2D eigenvalue weighted by Crippen LogP contribution is 2.33. The highest BCUT2D eigenvalue weighted by Gasteiger charge is 2.28. The summed E-state index contributed by atoms with van der Waals surface area (Å²) in [6, 6.07) is 6.29. The zero-order valence-electron chi connectivity index (χ0n) is 15.1. The monoisotopic (exact) mass is 406 g/mol. The lowest BCUT2D eigenvalue weighted by Crippen LogP contribution is -2.30. The van der Waals surface area contributed by atoms with E-state index in [9.17, 15) is 4.79 Å². The molecule has 0 bridgehead atoms. The number of halogens is 1. The Bertz CT molecular complexity index is 891. The van der Waals surface area contributed by atoms with Crippen LogP contribution in [0, 0.1) is 5.92 Å². The average Bonchev–Trinajstić information content (AvgIpc) is 3.28. The third-order valence-electron chi connectivity index (χ3n) is 5.20. The first-order valence-corrected chi connectivity index (χ1v) is 10.5. The van der Waals surface area contributed by atoms with E-state index in [2.05, 4.69) is 16.4 Å². The van der Waals surface area contributed by atoms with Gasteiger partial charge in [0, 0.05) is 35.4 Å². The molecule has 0 saturated carbocycles. The molecular formula is C19H23ClN4O2S. The number of aromatic nitrogens is 1. The largest absolute Gasteiger partial charge is 0.381 e. The fourth-order valence-corrected chi connectivity index (χ4v) is 4.87. The van der Waals surface area contributed by atoms with Gasteiger partial charge in [0.2, 0.25) is 5.91 Å². The zero-order valence-corrected chi connectivity index (χ0v) is 16.7. The van der Waals surface area contributed by atoms with Crippen LogP contribution in [0.2, 0.25) is 5.02 Å². The minimum absolute atomic E-state index is 0.0719. The van der Waals surface area contributed by atoms with Gasteiger partial charge in [-0.3, -0.25) is 9.79 Å². The maximum absolute atomic E-state index is 11.4. The number of aromatic amines is 1. The number of carbonyl (C=O) groups excluding carboxylic acids is 1. The van der Waals surface area contributed by atoms with E-state index in [1.807, 2.05) is 19.1 Å². The summed E-state index contributed by atoms with van der Waals surface area (Å²) in [5.74, 6) is 0.194. The van der Waals surface area contributed by atoms with Gasteiger partial charge in [-0.05, 0) is 31.0 Å². The lowest BCUT2D eigenvalue weighted by atomic mass is 10.0. The van der Waals surface area contributed by atoms with Crippen LogP contribution in [0.5, 0.6) is 0 Å². The summed E-state index contributed by atoms with van der Waals surface area (Å²) < 4.78 is 5.44. The van der Waals surface area contributed by atoms with Gasteiger partial charge < -0.3 is 20.8 Å². The smallest absolute Gasteiger partial charge is 0.222 e. The Morgan fingerprint density at radius 2 is 2.19 bits per heavy atom. The molecule has 4 rings (SSSR count). The van der Waals surface area contributed by atoms with Gasteiger partial charge in [-0.2, -0.15) is 0 Å². The molecule has 2 unspecified atom stereocenters. The molecule has 144 valence electrons. The number of fused-ring (bicyclic) bond motifs is 1. The van der Waals surface area contributed by atoms with Crippen molar-refractivity contribution in [3.8, 4) is 0 Å². The number of benzene rings is 1. The van der Waals surface area contributed by atoms with Crippen molar-refractivity contribution >= 4 is 50.9 Å². The molecular weight excluding hydrogens is 384 g/mol. The second kappa shape index (κ2) is 7.73. The predicted octanol–water partition coefficient (Wildman–Crippen LogP) is 3.40. The van der Waals surface area contributed by atoms with Crippen molar-refractivity contribution in [2.75, 3.05) is 24.3 Å². The topological polar surface area (TPSA) is 92.5 Å². The number of hydrogen-bond acceptors (Lipinski definition) is 5. The van der Waals surface area contributed by atoms with Crippen LogP contribution in [0.25, 0.3) is 10.9 Å². The predicted molar refractivity (Wildman–Crippen MR) is 112 cm³/mol. The van der Waals surface area contributed by atoms with Crippen molar-refractivity contribution < 1.29 is 9.53 Å². The Hall–Kier alpha value is -1.70. The Balaban J connectivity index is 1.63. The summed E-state index contributed by atoms with van der Waals surface area (Å²) >= 11 is 8.00. The van der Waals surface area contributed by atoms with Gasteiger partial charge in [0.1, 0.15) is 5.04 Å². The fourth-order valence-electron chi connectivity index (χ4n) is 3.48. The van der Waals surface area contributed by atoms with Gasteiger partial charge >= 0.3 is 0 Å². The van der Waals surface area contributed by atoms with Crippen LogP contribution in [0.1, 0.15) is 25.5 Å². The number of amides is 1. The van der Waals surface area contributed by atoms with Crippen molar-refractivity contribution in [1.29, 1.82) is 0 Å². The molecule has 6 nitrogen and oxygen atoms in total. The average molecular weight is 407 g/mol. The first-order chi connectivity index (χ1) is 13.0. The number of rotatable bonds is 5. The zero-order chi connectivity index (χ0) is 19.0. The van der Waals surface area contributed by atoms with Crippen LogP contribution < -0.4 is 11.1 Å². The number of nitrogens with zero attached hydrogens (tertiary/aromatic N) is 1. The molecule has 1 aromatic carbocycles. The molecule has 0 aliphatic carbocycles. The summed E-state index contributed by atoms with van der Waals surface area (Å²) in [4.78, 5) is 19.7. The molecule has 4 N–H and O–H groups in total. The number of hydrogen-bond donors (Lipinski definition) is 3. The molecule has 0 spiro atoms. The molecule has 2 aromatic rings. The molecule has 1 saturated heterocycles. The van der Waals surface area contributed by atoms with Crippen LogP contribution in [-0.4, -0.2) is 47.0 Å². The SMILES string of the molecule is CC(C(N)=O)C1CSC(c2cc3cc(Cl)cc(NC4CCOCC4)c3[nH]2)=N1. The van der Waals surface area contributed by atoms with E-state index in [1.165, 1.54) is 0 Å². The number of anilines is 1. The molecule has 1 fully saturated rings. The van der Waals surface area contributed by atoms with Gasteiger partial charge in [0.05, 0.1) is 28.9 Å². The van der Waals surface area contributed by atoms with E-state index in [1.54, 1.807) is 11.8 Å². The summed E-state index contributed by atoms with van der Waals surface area (Å²) in [6.45, 7) is 3.40.